The van der Waals surface area contributed by atoms with E-state index in [1.165, 1.54) is 31.2 Å². The van der Waals surface area contributed by atoms with E-state index in [0.717, 1.165) is 0 Å². The Morgan fingerprint density at radius 2 is 1.83 bits per heavy atom. The van der Waals surface area contributed by atoms with Gasteiger partial charge in [-0.1, -0.05) is 0 Å². The molecular formula is C16H13FN2O4. The Hall–Kier alpha value is -3.09. The van der Waals surface area contributed by atoms with Crippen LogP contribution in [0.1, 0.15) is 17.3 Å². The van der Waals surface area contributed by atoms with E-state index in [9.17, 15) is 14.0 Å². The molecule has 0 saturated carbocycles. The van der Waals surface area contributed by atoms with Gasteiger partial charge in [-0.2, -0.15) is 0 Å². The largest absolute Gasteiger partial charge is 0.454 e. The van der Waals surface area contributed by atoms with Crippen LogP contribution in [-0.2, 0) is 4.79 Å². The van der Waals surface area contributed by atoms with E-state index in [1.54, 1.807) is 12.1 Å². The molecule has 0 radical (unpaired) electrons. The summed E-state index contributed by atoms with van der Waals surface area (Å²) >= 11 is 0. The van der Waals surface area contributed by atoms with E-state index in [4.69, 9.17) is 9.47 Å². The molecule has 3 rings (SSSR count). The summed E-state index contributed by atoms with van der Waals surface area (Å²) in [7, 11) is 0. The van der Waals surface area contributed by atoms with Gasteiger partial charge in [-0.3, -0.25) is 9.59 Å². The Bertz CT molecular complexity index is 792. The molecule has 2 amide bonds. The Kier molecular flexibility index (Phi) is 3.84. The first-order chi connectivity index (χ1) is 11.0. The number of halogens is 1. The molecule has 1 aliphatic heterocycles. The molecule has 1 aliphatic rings. The molecule has 118 valence electrons. The number of hydrogen-bond acceptors (Lipinski definition) is 4. The van der Waals surface area contributed by atoms with E-state index >= 15 is 0 Å². The van der Waals surface area contributed by atoms with Gasteiger partial charge in [0, 0.05) is 18.2 Å². The van der Waals surface area contributed by atoms with Crippen LogP contribution in [0.5, 0.6) is 11.5 Å². The van der Waals surface area contributed by atoms with Gasteiger partial charge in [0.2, 0.25) is 12.7 Å². The standard InChI is InChI=1S/C16H13FN2O4/c1-9(20)18-11-3-4-12(17)13(7-11)19-16(21)10-2-5-14-15(6-10)23-8-22-14/h2-7H,8H2,1H3,(H,18,20)(H,19,21). The highest BCUT2D eigenvalue weighted by Gasteiger charge is 2.17. The zero-order chi connectivity index (χ0) is 16.4. The number of nitrogens with one attached hydrogen (secondary N) is 2. The monoisotopic (exact) mass is 316 g/mol. The number of benzene rings is 2. The third-order valence-electron chi connectivity index (χ3n) is 3.17. The number of rotatable bonds is 3. The number of ether oxygens (including phenoxy) is 2. The topological polar surface area (TPSA) is 76.7 Å². The summed E-state index contributed by atoms with van der Waals surface area (Å²) < 4.78 is 24.2. The Morgan fingerprint density at radius 1 is 1.04 bits per heavy atom. The number of anilines is 2. The van der Waals surface area contributed by atoms with Gasteiger partial charge in [-0.25, -0.2) is 4.39 Å². The zero-order valence-corrected chi connectivity index (χ0v) is 12.2. The normalized spacial score (nSPS) is 11.9. The maximum Gasteiger partial charge on any atom is 0.255 e. The molecule has 2 aromatic rings. The predicted octanol–water partition coefficient (Wildman–Crippen LogP) is 2.77. The minimum absolute atomic E-state index is 0.0288. The third kappa shape index (κ3) is 3.23. The molecule has 1 heterocycles. The first-order valence-electron chi connectivity index (χ1n) is 6.81. The molecule has 0 atom stereocenters. The van der Waals surface area contributed by atoms with Crippen LogP contribution in [0.15, 0.2) is 36.4 Å². The van der Waals surface area contributed by atoms with Gasteiger partial charge in [-0.05, 0) is 36.4 Å². The van der Waals surface area contributed by atoms with Crippen molar-refractivity contribution in [2.24, 2.45) is 0 Å². The molecule has 6 nitrogen and oxygen atoms in total. The molecule has 0 bridgehead atoms. The van der Waals surface area contributed by atoms with Crippen LogP contribution < -0.4 is 20.1 Å². The highest BCUT2D eigenvalue weighted by Crippen LogP contribution is 2.32. The van der Waals surface area contributed by atoms with Crippen molar-refractivity contribution in [3.63, 3.8) is 0 Å². The predicted molar refractivity (Wildman–Crippen MR) is 81.2 cm³/mol. The number of hydrogen-bond donors (Lipinski definition) is 2. The number of amides is 2. The van der Waals surface area contributed by atoms with Gasteiger partial charge in [0.05, 0.1) is 5.69 Å². The van der Waals surface area contributed by atoms with Crippen molar-refractivity contribution in [3.8, 4) is 11.5 Å². The molecule has 0 aliphatic carbocycles. The van der Waals surface area contributed by atoms with Gasteiger partial charge in [0.15, 0.2) is 11.5 Å². The van der Waals surface area contributed by atoms with Crippen molar-refractivity contribution >= 4 is 23.2 Å². The SMILES string of the molecule is CC(=O)Nc1ccc(F)c(NC(=O)c2ccc3c(c2)OCO3)c1. The molecule has 2 aromatic carbocycles. The summed E-state index contributed by atoms with van der Waals surface area (Å²) in [5.41, 5.74) is 0.664. The maximum atomic E-state index is 13.8. The fourth-order valence-corrected chi connectivity index (χ4v) is 2.13. The Morgan fingerprint density at radius 3 is 2.61 bits per heavy atom. The molecular weight excluding hydrogens is 303 g/mol. The second-order valence-electron chi connectivity index (χ2n) is 4.90. The van der Waals surface area contributed by atoms with Crippen LogP contribution >= 0.6 is 0 Å². The second-order valence-corrected chi connectivity index (χ2v) is 4.90. The van der Waals surface area contributed by atoms with Crippen LogP contribution in [-0.4, -0.2) is 18.6 Å². The lowest BCUT2D eigenvalue weighted by Gasteiger charge is -2.09. The minimum Gasteiger partial charge on any atom is -0.454 e. The van der Waals surface area contributed by atoms with Crippen molar-refractivity contribution in [1.82, 2.24) is 0 Å². The lowest BCUT2D eigenvalue weighted by Crippen LogP contribution is -2.14. The quantitative estimate of drug-likeness (QED) is 0.913. The van der Waals surface area contributed by atoms with Crippen molar-refractivity contribution in [3.05, 3.63) is 47.8 Å². The number of carbonyl (C=O) groups is 2. The first kappa shape index (κ1) is 14.8. The second kappa shape index (κ2) is 5.96. The van der Waals surface area contributed by atoms with Crippen LogP contribution in [0, 0.1) is 5.82 Å². The fraction of sp³-hybridized carbons (Fsp3) is 0.125. The van der Waals surface area contributed by atoms with E-state index in [1.807, 2.05) is 0 Å². The van der Waals surface area contributed by atoms with Crippen LogP contribution in [0.2, 0.25) is 0 Å². The van der Waals surface area contributed by atoms with Crippen LogP contribution in [0.25, 0.3) is 0 Å². The van der Waals surface area contributed by atoms with E-state index in [0.29, 0.717) is 22.7 Å². The summed E-state index contributed by atoms with van der Waals surface area (Å²) in [5.74, 6) is -0.370. The maximum absolute atomic E-state index is 13.8. The lowest BCUT2D eigenvalue weighted by atomic mass is 10.1. The lowest BCUT2D eigenvalue weighted by molar-refractivity contribution is -0.114. The van der Waals surface area contributed by atoms with Crippen molar-refractivity contribution < 1.29 is 23.5 Å². The highest BCUT2D eigenvalue weighted by atomic mass is 19.1. The van der Waals surface area contributed by atoms with E-state index < -0.39 is 11.7 Å². The molecule has 2 N–H and O–H groups in total. The number of carbonyl (C=O) groups excluding carboxylic acids is 2. The van der Waals surface area contributed by atoms with E-state index in [-0.39, 0.29) is 18.4 Å². The summed E-state index contributed by atoms with van der Waals surface area (Å²) in [6.45, 7) is 1.45. The van der Waals surface area contributed by atoms with Crippen molar-refractivity contribution in [1.29, 1.82) is 0 Å². The van der Waals surface area contributed by atoms with Gasteiger partial charge in [-0.15, -0.1) is 0 Å². The highest BCUT2D eigenvalue weighted by molar-refractivity contribution is 6.05. The average molecular weight is 316 g/mol. The molecule has 7 heteroatoms. The fourth-order valence-electron chi connectivity index (χ4n) is 2.13. The summed E-state index contributed by atoms with van der Waals surface area (Å²) in [4.78, 5) is 23.3. The zero-order valence-electron chi connectivity index (χ0n) is 12.2. The summed E-state index contributed by atoms with van der Waals surface area (Å²) in [5, 5.41) is 5.00. The Balaban J connectivity index is 1.81. The Labute approximate surface area is 131 Å². The van der Waals surface area contributed by atoms with E-state index in [2.05, 4.69) is 10.6 Å². The average Bonchev–Trinajstić information content (AvgIpc) is 2.97. The first-order valence-corrected chi connectivity index (χ1v) is 6.81. The smallest absolute Gasteiger partial charge is 0.255 e. The van der Waals surface area contributed by atoms with Crippen molar-refractivity contribution in [2.75, 3.05) is 17.4 Å². The molecule has 0 fully saturated rings. The third-order valence-corrected chi connectivity index (χ3v) is 3.17. The molecule has 23 heavy (non-hydrogen) atoms. The molecule has 0 aromatic heterocycles. The number of fused-ring (bicyclic) bond motifs is 1. The summed E-state index contributed by atoms with van der Waals surface area (Å²) in [6.07, 6.45) is 0. The van der Waals surface area contributed by atoms with Crippen LogP contribution in [0.3, 0.4) is 0 Å². The van der Waals surface area contributed by atoms with Gasteiger partial charge < -0.3 is 20.1 Å². The van der Waals surface area contributed by atoms with Gasteiger partial charge >= 0.3 is 0 Å². The summed E-state index contributed by atoms with van der Waals surface area (Å²) in [6, 6.07) is 8.61. The van der Waals surface area contributed by atoms with Gasteiger partial charge in [0.25, 0.3) is 5.91 Å². The molecule has 0 spiro atoms. The van der Waals surface area contributed by atoms with Gasteiger partial charge in [0.1, 0.15) is 5.82 Å². The molecule has 0 unspecified atom stereocenters. The molecule has 0 saturated heterocycles. The van der Waals surface area contributed by atoms with Crippen LogP contribution in [0.4, 0.5) is 15.8 Å². The van der Waals surface area contributed by atoms with Crippen molar-refractivity contribution in [2.45, 2.75) is 6.92 Å². The minimum atomic E-state index is -0.604.